The molecule has 0 bridgehead atoms. The molecule has 0 aromatic heterocycles. The van der Waals surface area contributed by atoms with E-state index in [1.807, 2.05) is 68.7 Å². The van der Waals surface area contributed by atoms with E-state index in [2.05, 4.69) is 10.2 Å². The Kier molecular flexibility index (Phi) is 5.55. The summed E-state index contributed by atoms with van der Waals surface area (Å²) in [6.45, 7) is 0.549. The van der Waals surface area contributed by atoms with Crippen molar-refractivity contribution in [1.29, 1.82) is 0 Å². The summed E-state index contributed by atoms with van der Waals surface area (Å²) in [6, 6.07) is 17.3. The molecule has 0 radical (unpaired) electrons. The van der Waals surface area contributed by atoms with Crippen molar-refractivity contribution in [3.05, 3.63) is 65.7 Å². The Balaban J connectivity index is 2.04. The monoisotopic (exact) mass is 298 g/mol. The molecule has 0 heterocycles. The van der Waals surface area contributed by atoms with Gasteiger partial charge in [-0.25, -0.2) is 0 Å². The molecule has 0 aliphatic heterocycles. The largest absolute Gasteiger partial charge is 0.497 e. The van der Waals surface area contributed by atoms with Crippen LogP contribution in [0.3, 0.4) is 0 Å². The summed E-state index contributed by atoms with van der Waals surface area (Å²) in [5.41, 5.74) is 1.81. The second kappa shape index (κ2) is 7.61. The zero-order chi connectivity index (χ0) is 15.9. The minimum Gasteiger partial charge on any atom is -0.497 e. The molecular weight excluding hydrogens is 276 g/mol. The van der Waals surface area contributed by atoms with Gasteiger partial charge in [-0.05, 0) is 43.9 Å². The van der Waals surface area contributed by atoms with Crippen molar-refractivity contribution in [3.8, 4) is 5.75 Å². The van der Waals surface area contributed by atoms with E-state index in [0.717, 1.165) is 11.3 Å². The van der Waals surface area contributed by atoms with Gasteiger partial charge in [0.15, 0.2) is 0 Å². The number of carbonyl (C=O) groups excluding carboxylic acids is 1. The lowest BCUT2D eigenvalue weighted by molar-refractivity contribution is 0.0942. The van der Waals surface area contributed by atoms with Crippen molar-refractivity contribution < 1.29 is 9.53 Å². The number of carbonyl (C=O) groups is 1. The average Bonchev–Trinajstić information content (AvgIpc) is 2.56. The molecule has 1 amide bonds. The first-order valence-corrected chi connectivity index (χ1v) is 7.25. The van der Waals surface area contributed by atoms with Gasteiger partial charge >= 0.3 is 0 Å². The van der Waals surface area contributed by atoms with Crippen LogP contribution in [-0.2, 0) is 0 Å². The van der Waals surface area contributed by atoms with E-state index in [4.69, 9.17) is 4.74 Å². The van der Waals surface area contributed by atoms with Gasteiger partial charge in [0, 0.05) is 12.1 Å². The van der Waals surface area contributed by atoms with Gasteiger partial charge in [-0.2, -0.15) is 0 Å². The molecule has 116 valence electrons. The molecule has 4 nitrogen and oxygen atoms in total. The SMILES string of the molecule is COc1ccc(C(CNC(=O)c2ccccc2)N(C)C)cc1. The van der Waals surface area contributed by atoms with Gasteiger partial charge in [0.05, 0.1) is 13.2 Å². The molecular formula is C18H22N2O2. The van der Waals surface area contributed by atoms with E-state index in [0.29, 0.717) is 12.1 Å². The van der Waals surface area contributed by atoms with E-state index in [1.54, 1.807) is 7.11 Å². The second-order valence-electron chi connectivity index (χ2n) is 5.33. The van der Waals surface area contributed by atoms with Crippen LogP contribution in [-0.4, -0.2) is 38.6 Å². The number of benzene rings is 2. The third-order valence-electron chi connectivity index (χ3n) is 3.62. The number of likely N-dealkylation sites (N-methyl/N-ethyl adjacent to an activating group) is 1. The molecule has 2 aromatic carbocycles. The third-order valence-corrected chi connectivity index (χ3v) is 3.62. The lowest BCUT2D eigenvalue weighted by Crippen LogP contribution is -2.34. The fourth-order valence-electron chi connectivity index (χ4n) is 2.31. The van der Waals surface area contributed by atoms with Gasteiger partial charge in [-0.1, -0.05) is 30.3 Å². The number of hydrogen-bond donors (Lipinski definition) is 1. The predicted octanol–water partition coefficient (Wildman–Crippen LogP) is 2.73. The van der Waals surface area contributed by atoms with Gasteiger partial charge in [0.2, 0.25) is 0 Å². The highest BCUT2D eigenvalue weighted by molar-refractivity contribution is 5.94. The summed E-state index contributed by atoms with van der Waals surface area (Å²) < 4.78 is 5.18. The van der Waals surface area contributed by atoms with Crippen molar-refractivity contribution in [2.45, 2.75) is 6.04 Å². The summed E-state index contributed by atoms with van der Waals surface area (Å²) in [4.78, 5) is 14.2. The van der Waals surface area contributed by atoms with Gasteiger partial charge in [0.25, 0.3) is 5.91 Å². The zero-order valence-corrected chi connectivity index (χ0v) is 13.2. The number of nitrogens with zero attached hydrogens (tertiary/aromatic N) is 1. The molecule has 0 saturated carbocycles. The maximum atomic E-state index is 12.2. The highest BCUT2D eigenvalue weighted by atomic mass is 16.5. The second-order valence-corrected chi connectivity index (χ2v) is 5.33. The third kappa shape index (κ3) is 4.09. The van der Waals surface area contributed by atoms with Crippen LogP contribution >= 0.6 is 0 Å². The van der Waals surface area contributed by atoms with Gasteiger partial charge in [0.1, 0.15) is 5.75 Å². The molecule has 0 aliphatic carbocycles. The van der Waals surface area contributed by atoms with E-state index >= 15 is 0 Å². The molecule has 22 heavy (non-hydrogen) atoms. The van der Waals surface area contributed by atoms with E-state index < -0.39 is 0 Å². The molecule has 0 fully saturated rings. The fourth-order valence-corrected chi connectivity index (χ4v) is 2.31. The standard InChI is InChI=1S/C18H22N2O2/c1-20(2)17(14-9-11-16(22-3)12-10-14)13-19-18(21)15-7-5-4-6-8-15/h4-12,17H,13H2,1-3H3,(H,19,21). The summed E-state index contributed by atoms with van der Waals surface area (Å²) >= 11 is 0. The Bertz CT molecular complexity index is 594. The predicted molar refractivity (Wildman–Crippen MR) is 88.2 cm³/mol. The smallest absolute Gasteiger partial charge is 0.251 e. The zero-order valence-electron chi connectivity index (χ0n) is 13.2. The number of nitrogens with one attached hydrogen (secondary N) is 1. The Hall–Kier alpha value is -2.33. The highest BCUT2D eigenvalue weighted by Crippen LogP contribution is 2.20. The lowest BCUT2D eigenvalue weighted by Gasteiger charge is -2.25. The topological polar surface area (TPSA) is 41.6 Å². The van der Waals surface area contributed by atoms with Crippen molar-refractivity contribution in [3.63, 3.8) is 0 Å². The minimum absolute atomic E-state index is 0.0547. The molecule has 0 spiro atoms. The first kappa shape index (κ1) is 16.0. The van der Waals surface area contributed by atoms with E-state index in [-0.39, 0.29) is 11.9 Å². The van der Waals surface area contributed by atoms with Crippen molar-refractivity contribution in [2.75, 3.05) is 27.7 Å². The van der Waals surface area contributed by atoms with E-state index in [9.17, 15) is 4.79 Å². The molecule has 0 saturated heterocycles. The van der Waals surface area contributed by atoms with Crippen LogP contribution in [0, 0.1) is 0 Å². The van der Waals surface area contributed by atoms with Gasteiger partial charge < -0.3 is 15.0 Å². The number of hydrogen-bond acceptors (Lipinski definition) is 3. The number of amides is 1. The molecule has 1 unspecified atom stereocenters. The van der Waals surface area contributed by atoms with Crippen LogP contribution in [0.25, 0.3) is 0 Å². The Labute approximate surface area is 131 Å². The van der Waals surface area contributed by atoms with Crippen LogP contribution < -0.4 is 10.1 Å². The minimum atomic E-state index is -0.0547. The van der Waals surface area contributed by atoms with Crippen LogP contribution in [0.2, 0.25) is 0 Å². The van der Waals surface area contributed by atoms with Crippen LogP contribution in [0.1, 0.15) is 22.0 Å². The van der Waals surface area contributed by atoms with Gasteiger partial charge in [-0.3, -0.25) is 4.79 Å². The quantitative estimate of drug-likeness (QED) is 0.891. The van der Waals surface area contributed by atoms with Crippen molar-refractivity contribution in [2.24, 2.45) is 0 Å². The van der Waals surface area contributed by atoms with Crippen molar-refractivity contribution >= 4 is 5.91 Å². The molecule has 1 atom stereocenters. The fraction of sp³-hybridized carbons (Fsp3) is 0.278. The summed E-state index contributed by atoms with van der Waals surface area (Å²) in [5, 5.41) is 3.00. The van der Waals surface area contributed by atoms with Crippen molar-refractivity contribution in [1.82, 2.24) is 10.2 Å². The summed E-state index contributed by atoms with van der Waals surface area (Å²) in [5.74, 6) is 0.774. The average molecular weight is 298 g/mol. The number of rotatable bonds is 6. The maximum Gasteiger partial charge on any atom is 0.251 e. The molecule has 4 heteroatoms. The summed E-state index contributed by atoms with van der Waals surface area (Å²) in [6.07, 6.45) is 0. The van der Waals surface area contributed by atoms with Gasteiger partial charge in [-0.15, -0.1) is 0 Å². The molecule has 1 N–H and O–H groups in total. The first-order valence-electron chi connectivity index (χ1n) is 7.25. The Morgan fingerprint density at radius 3 is 2.27 bits per heavy atom. The first-order chi connectivity index (χ1) is 10.6. The van der Waals surface area contributed by atoms with Crippen LogP contribution in [0.4, 0.5) is 0 Å². The Morgan fingerprint density at radius 1 is 1.09 bits per heavy atom. The normalized spacial score (nSPS) is 12.0. The lowest BCUT2D eigenvalue weighted by atomic mass is 10.1. The summed E-state index contributed by atoms with van der Waals surface area (Å²) in [7, 11) is 5.66. The Morgan fingerprint density at radius 2 is 1.73 bits per heavy atom. The van der Waals surface area contributed by atoms with Crippen LogP contribution in [0.5, 0.6) is 5.75 Å². The van der Waals surface area contributed by atoms with Crippen LogP contribution in [0.15, 0.2) is 54.6 Å². The highest BCUT2D eigenvalue weighted by Gasteiger charge is 2.15. The maximum absolute atomic E-state index is 12.2. The number of ether oxygens (including phenoxy) is 1. The molecule has 2 rings (SSSR count). The molecule has 2 aromatic rings. The van der Waals surface area contributed by atoms with E-state index in [1.165, 1.54) is 0 Å². The number of methoxy groups -OCH3 is 1. The molecule has 0 aliphatic rings.